The van der Waals surface area contributed by atoms with Gasteiger partial charge in [-0.1, -0.05) is 6.92 Å². The Morgan fingerprint density at radius 3 is 2.71 bits per heavy atom. The number of nitrogens with zero attached hydrogens (tertiary/aromatic N) is 2. The zero-order chi connectivity index (χ0) is 10.7. The van der Waals surface area contributed by atoms with Gasteiger partial charge in [0.25, 0.3) is 0 Å². The third kappa shape index (κ3) is 1.90. The van der Waals surface area contributed by atoms with Crippen LogP contribution in [0.4, 0.5) is 0 Å². The van der Waals surface area contributed by atoms with E-state index in [1.54, 1.807) is 11.8 Å². The van der Waals surface area contributed by atoms with Crippen LogP contribution in [0.5, 0.6) is 5.88 Å². The van der Waals surface area contributed by atoms with Crippen LogP contribution in [-0.2, 0) is 7.05 Å². The summed E-state index contributed by atoms with van der Waals surface area (Å²) >= 11 is 0. The van der Waals surface area contributed by atoms with Gasteiger partial charge in [0.1, 0.15) is 0 Å². The molecular weight excluding hydrogens is 178 g/mol. The lowest BCUT2D eigenvalue weighted by molar-refractivity contribution is 0.366. The first-order valence-corrected chi connectivity index (χ1v) is 4.89. The summed E-state index contributed by atoms with van der Waals surface area (Å²) in [6.45, 7) is 4.85. The number of hydrogen-bond donors (Lipinski definition) is 1. The molecule has 1 aromatic rings. The lowest BCUT2D eigenvalue weighted by atomic mass is 9.98. The molecule has 0 saturated heterocycles. The predicted molar refractivity (Wildman–Crippen MR) is 56.6 cm³/mol. The van der Waals surface area contributed by atoms with E-state index >= 15 is 0 Å². The molecule has 0 fully saturated rings. The fraction of sp³-hybridized carbons (Fsp3) is 0.700. The largest absolute Gasteiger partial charge is 0.481 e. The predicted octanol–water partition coefficient (Wildman–Crippen LogP) is 1.19. The molecule has 0 radical (unpaired) electrons. The minimum atomic E-state index is 0.406. The van der Waals surface area contributed by atoms with E-state index in [-0.39, 0.29) is 0 Å². The molecule has 0 saturated carbocycles. The van der Waals surface area contributed by atoms with Gasteiger partial charge in [0, 0.05) is 12.6 Å². The van der Waals surface area contributed by atoms with E-state index < -0.39 is 0 Å². The van der Waals surface area contributed by atoms with Gasteiger partial charge in [-0.15, -0.1) is 0 Å². The highest BCUT2D eigenvalue weighted by molar-refractivity contribution is 5.34. The van der Waals surface area contributed by atoms with Gasteiger partial charge in [-0.05, 0) is 25.8 Å². The van der Waals surface area contributed by atoms with Gasteiger partial charge in [-0.3, -0.25) is 0 Å². The summed E-state index contributed by atoms with van der Waals surface area (Å²) in [6.07, 6.45) is 0.961. The van der Waals surface area contributed by atoms with Crippen molar-refractivity contribution >= 4 is 0 Å². The Kier molecular flexibility index (Phi) is 3.52. The molecular formula is C10H19N3O. The van der Waals surface area contributed by atoms with Crippen molar-refractivity contribution in [2.45, 2.75) is 26.2 Å². The summed E-state index contributed by atoms with van der Waals surface area (Å²) in [4.78, 5) is 0. The molecule has 2 N–H and O–H groups in total. The molecule has 80 valence electrons. The van der Waals surface area contributed by atoms with Crippen LogP contribution in [0.15, 0.2) is 0 Å². The molecule has 1 aromatic heterocycles. The van der Waals surface area contributed by atoms with E-state index in [0.717, 1.165) is 18.0 Å². The van der Waals surface area contributed by atoms with Crippen molar-refractivity contribution in [2.24, 2.45) is 12.8 Å². The molecule has 0 aromatic carbocycles. The van der Waals surface area contributed by atoms with E-state index in [4.69, 9.17) is 10.5 Å². The zero-order valence-electron chi connectivity index (χ0n) is 9.37. The Bertz CT molecular complexity index is 307. The topological polar surface area (TPSA) is 53.1 Å². The minimum Gasteiger partial charge on any atom is -0.481 e. The van der Waals surface area contributed by atoms with Gasteiger partial charge < -0.3 is 10.5 Å². The Morgan fingerprint density at radius 2 is 2.21 bits per heavy atom. The van der Waals surface area contributed by atoms with Crippen LogP contribution < -0.4 is 10.5 Å². The maximum atomic E-state index is 5.55. The maximum absolute atomic E-state index is 5.55. The monoisotopic (exact) mass is 197 g/mol. The summed E-state index contributed by atoms with van der Waals surface area (Å²) in [6, 6.07) is 0. The molecule has 0 aliphatic heterocycles. The van der Waals surface area contributed by atoms with Crippen LogP contribution >= 0.6 is 0 Å². The lowest BCUT2D eigenvalue weighted by Gasteiger charge is -2.11. The minimum absolute atomic E-state index is 0.406. The van der Waals surface area contributed by atoms with Gasteiger partial charge in [0.15, 0.2) is 0 Å². The Hall–Kier alpha value is -1.03. The Labute approximate surface area is 85.0 Å². The van der Waals surface area contributed by atoms with E-state index in [9.17, 15) is 0 Å². The van der Waals surface area contributed by atoms with Crippen molar-refractivity contribution in [1.82, 2.24) is 9.78 Å². The number of aromatic nitrogens is 2. The number of aryl methyl sites for hydroxylation is 2. The first-order valence-electron chi connectivity index (χ1n) is 4.89. The molecule has 1 heterocycles. The second kappa shape index (κ2) is 4.46. The van der Waals surface area contributed by atoms with Crippen LogP contribution in [0, 0.1) is 6.92 Å². The number of nitrogens with two attached hydrogens (primary N) is 1. The van der Waals surface area contributed by atoms with Crippen LogP contribution in [-0.4, -0.2) is 23.4 Å². The quantitative estimate of drug-likeness (QED) is 0.788. The number of methoxy groups -OCH3 is 1. The fourth-order valence-corrected chi connectivity index (χ4v) is 1.86. The highest BCUT2D eigenvalue weighted by Crippen LogP contribution is 2.30. The molecule has 0 spiro atoms. The van der Waals surface area contributed by atoms with Gasteiger partial charge in [-0.2, -0.15) is 5.10 Å². The number of ether oxygens (including phenoxy) is 1. The fourth-order valence-electron chi connectivity index (χ4n) is 1.86. The van der Waals surface area contributed by atoms with Crippen molar-refractivity contribution in [3.63, 3.8) is 0 Å². The summed E-state index contributed by atoms with van der Waals surface area (Å²) < 4.78 is 7.10. The molecule has 4 heteroatoms. The molecule has 0 aliphatic carbocycles. The van der Waals surface area contributed by atoms with Crippen molar-refractivity contribution < 1.29 is 4.74 Å². The normalized spacial score (nSPS) is 12.9. The van der Waals surface area contributed by atoms with E-state index in [2.05, 4.69) is 12.0 Å². The van der Waals surface area contributed by atoms with Gasteiger partial charge >= 0.3 is 0 Å². The Balaban J connectivity index is 3.04. The smallest absolute Gasteiger partial charge is 0.215 e. The van der Waals surface area contributed by atoms with Crippen molar-refractivity contribution in [3.05, 3.63) is 11.3 Å². The maximum Gasteiger partial charge on any atom is 0.215 e. The number of rotatable bonds is 4. The van der Waals surface area contributed by atoms with Gasteiger partial charge in [0.05, 0.1) is 12.8 Å². The van der Waals surface area contributed by atoms with Crippen LogP contribution in [0.3, 0.4) is 0 Å². The van der Waals surface area contributed by atoms with Crippen LogP contribution in [0.1, 0.15) is 30.5 Å². The molecule has 0 bridgehead atoms. The molecule has 4 nitrogen and oxygen atoms in total. The van der Waals surface area contributed by atoms with Crippen molar-refractivity contribution in [1.29, 1.82) is 0 Å². The summed E-state index contributed by atoms with van der Waals surface area (Å²) in [5.74, 6) is 1.26. The average Bonchev–Trinajstić information content (AvgIpc) is 2.40. The van der Waals surface area contributed by atoms with Crippen LogP contribution in [0.25, 0.3) is 0 Å². The second-order valence-corrected chi connectivity index (χ2v) is 3.61. The second-order valence-electron chi connectivity index (χ2n) is 3.61. The van der Waals surface area contributed by atoms with Gasteiger partial charge in [0.2, 0.25) is 5.88 Å². The van der Waals surface area contributed by atoms with Crippen LogP contribution in [0.2, 0.25) is 0 Å². The third-order valence-corrected chi connectivity index (χ3v) is 2.50. The average molecular weight is 197 g/mol. The highest BCUT2D eigenvalue weighted by Gasteiger charge is 2.18. The molecule has 1 rings (SSSR count). The van der Waals surface area contributed by atoms with E-state index in [1.165, 1.54) is 5.56 Å². The zero-order valence-corrected chi connectivity index (χ0v) is 9.37. The summed E-state index contributed by atoms with van der Waals surface area (Å²) in [7, 11) is 3.57. The van der Waals surface area contributed by atoms with E-state index in [1.807, 2.05) is 14.0 Å². The number of hydrogen-bond acceptors (Lipinski definition) is 3. The SMILES string of the molecule is COc1c(C(C)CCN)c(C)nn1C. The first-order chi connectivity index (χ1) is 6.61. The lowest BCUT2D eigenvalue weighted by Crippen LogP contribution is -2.06. The van der Waals surface area contributed by atoms with E-state index in [0.29, 0.717) is 12.5 Å². The molecule has 0 aliphatic rings. The standard InChI is InChI=1S/C10H19N3O/c1-7(5-6-11)9-8(2)12-13(3)10(9)14-4/h7H,5-6,11H2,1-4H3. The molecule has 0 amide bonds. The highest BCUT2D eigenvalue weighted by atomic mass is 16.5. The first kappa shape index (κ1) is 11.0. The van der Waals surface area contributed by atoms with Crippen molar-refractivity contribution in [2.75, 3.05) is 13.7 Å². The summed E-state index contributed by atoms with van der Waals surface area (Å²) in [5, 5.41) is 4.34. The Morgan fingerprint density at radius 1 is 1.57 bits per heavy atom. The summed E-state index contributed by atoms with van der Waals surface area (Å²) in [5.41, 5.74) is 7.76. The molecule has 1 unspecified atom stereocenters. The molecule has 14 heavy (non-hydrogen) atoms. The third-order valence-electron chi connectivity index (χ3n) is 2.50. The molecule has 1 atom stereocenters. The van der Waals surface area contributed by atoms with Crippen molar-refractivity contribution in [3.8, 4) is 5.88 Å². The van der Waals surface area contributed by atoms with Gasteiger partial charge in [-0.25, -0.2) is 4.68 Å².